The van der Waals surface area contributed by atoms with Crippen LogP contribution < -0.4 is 10.0 Å². The van der Waals surface area contributed by atoms with Gasteiger partial charge in [0.2, 0.25) is 17.7 Å². The van der Waals surface area contributed by atoms with Crippen LogP contribution in [0.4, 0.5) is 0 Å². The van der Waals surface area contributed by atoms with Gasteiger partial charge in [0.05, 0.1) is 0 Å². The van der Waals surface area contributed by atoms with Crippen LogP contribution in [0.5, 0.6) is 0 Å². The van der Waals surface area contributed by atoms with Gasteiger partial charge in [0.25, 0.3) is 0 Å². The predicted molar refractivity (Wildman–Crippen MR) is 80.0 cm³/mol. The zero-order chi connectivity index (χ0) is 14.7. The van der Waals surface area contributed by atoms with E-state index in [0.717, 1.165) is 5.75 Å². The standard InChI is InChI=1S/C11H21N3O3S2/c1-9(15)12-4-5-14(10(2)16)6-8-19-7-3-11(17)13-18/h18H,3-8H2,1-2H3,(H,12,15)(H,13,17). The molecule has 0 saturated carbocycles. The summed E-state index contributed by atoms with van der Waals surface area (Å²) >= 11 is 5.27. The van der Waals surface area contributed by atoms with Gasteiger partial charge in [-0.05, 0) is 0 Å². The molecule has 0 aliphatic heterocycles. The number of hydrogen-bond donors (Lipinski definition) is 3. The molecular formula is C11H21N3O3S2. The number of amides is 3. The number of hydrogen-bond acceptors (Lipinski definition) is 5. The summed E-state index contributed by atoms with van der Waals surface area (Å²) in [6.07, 6.45) is 0.417. The zero-order valence-corrected chi connectivity index (χ0v) is 13.0. The molecule has 0 aliphatic rings. The van der Waals surface area contributed by atoms with Gasteiger partial charge in [-0.1, -0.05) is 12.8 Å². The van der Waals surface area contributed by atoms with Crippen LogP contribution in [-0.2, 0) is 14.4 Å². The summed E-state index contributed by atoms with van der Waals surface area (Å²) in [6.45, 7) is 4.53. The monoisotopic (exact) mass is 307 g/mol. The molecule has 0 aromatic carbocycles. The molecule has 0 bridgehead atoms. The summed E-state index contributed by atoms with van der Waals surface area (Å²) in [4.78, 5) is 34.7. The number of nitrogens with zero attached hydrogens (tertiary/aromatic N) is 1. The Morgan fingerprint density at radius 1 is 1.16 bits per heavy atom. The molecular weight excluding hydrogens is 286 g/mol. The first-order valence-electron chi connectivity index (χ1n) is 5.98. The van der Waals surface area contributed by atoms with Gasteiger partial charge in [-0.2, -0.15) is 11.8 Å². The Bertz CT molecular complexity index is 314. The minimum absolute atomic E-state index is 0.0148. The second-order valence-electron chi connectivity index (χ2n) is 3.89. The molecule has 0 heterocycles. The Hall–Kier alpha value is -0.890. The molecule has 0 radical (unpaired) electrons. The second-order valence-corrected chi connectivity index (χ2v) is 5.33. The van der Waals surface area contributed by atoms with E-state index in [1.54, 1.807) is 16.7 Å². The largest absolute Gasteiger partial charge is 0.355 e. The summed E-state index contributed by atoms with van der Waals surface area (Å²) < 4.78 is 2.26. The molecule has 8 heteroatoms. The maximum atomic E-state index is 11.4. The number of thiol groups is 1. The van der Waals surface area contributed by atoms with Crippen LogP contribution >= 0.6 is 24.6 Å². The number of carbonyl (C=O) groups is 3. The van der Waals surface area contributed by atoms with E-state index in [1.807, 2.05) is 0 Å². The molecule has 0 aliphatic carbocycles. The van der Waals surface area contributed by atoms with Gasteiger partial charge in [0, 0.05) is 51.4 Å². The number of nitrogens with one attached hydrogen (secondary N) is 2. The van der Waals surface area contributed by atoms with Crippen LogP contribution in [0.3, 0.4) is 0 Å². The van der Waals surface area contributed by atoms with Crippen molar-refractivity contribution in [3.63, 3.8) is 0 Å². The summed E-state index contributed by atoms with van der Waals surface area (Å²) in [5.41, 5.74) is 0. The Morgan fingerprint density at radius 3 is 2.37 bits per heavy atom. The van der Waals surface area contributed by atoms with Crippen molar-refractivity contribution in [1.82, 2.24) is 14.9 Å². The van der Waals surface area contributed by atoms with Crippen LogP contribution in [-0.4, -0.2) is 53.8 Å². The fraction of sp³-hybridized carbons (Fsp3) is 0.727. The lowest BCUT2D eigenvalue weighted by molar-refractivity contribution is -0.129. The molecule has 0 unspecified atom stereocenters. The van der Waals surface area contributed by atoms with Gasteiger partial charge in [0.1, 0.15) is 0 Å². The predicted octanol–water partition coefficient (Wildman–Crippen LogP) is 0.0553. The number of rotatable bonds is 9. The number of thioether (sulfide) groups is 1. The van der Waals surface area contributed by atoms with Crippen LogP contribution in [0.25, 0.3) is 0 Å². The highest BCUT2D eigenvalue weighted by Crippen LogP contribution is 2.04. The molecule has 19 heavy (non-hydrogen) atoms. The van der Waals surface area contributed by atoms with E-state index >= 15 is 0 Å². The average Bonchev–Trinajstić information content (AvgIpc) is 2.35. The topological polar surface area (TPSA) is 78.5 Å². The second kappa shape index (κ2) is 11.0. The highest BCUT2D eigenvalue weighted by Gasteiger charge is 2.08. The smallest absolute Gasteiger partial charge is 0.230 e. The van der Waals surface area contributed by atoms with Crippen LogP contribution in [0.2, 0.25) is 0 Å². The van der Waals surface area contributed by atoms with Gasteiger partial charge >= 0.3 is 0 Å². The zero-order valence-electron chi connectivity index (χ0n) is 11.3. The van der Waals surface area contributed by atoms with E-state index in [0.29, 0.717) is 31.8 Å². The number of carbonyl (C=O) groups excluding carboxylic acids is 3. The van der Waals surface area contributed by atoms with Crippen molar-refractivity contribution in [3.05, 3.63) is 0 Å². The summed E-state index contributed by atoms with van der Waals surface area (Å²) in [7, 11) is 0. The fourth-order valence-corrected chi connectivity index (χ4v) is 2.29. The first-order valence-corrected chi connectivity index (χ1v) is 7.58. The third-order valence-electron chi connectivity index (χ3n) is 2.30. The maximum Gasteiger partial charge on any atom is 0.230 e. The molecule has 6 nitrogen and oxygen atoms in total. The molecule has 0 aromatic rings. The minimum atomic E-state index is -0.107. The molecule has 0 aromatic heterocycles. The van der Waals surface area contributed by atoms with Crippen LogP contribution in [0, 0.1) is 0 Å². The van der Waals surface area contributed by atoms with Crippen molar-refractivity contribution in [3.8, 4) is 0 Å². The third kappa shape index (κ3) is 10.7. The van der Waals surface area contributed by atoms with Gasteiger partial charge < -0.3 is 14.9 Å². The lowest BCUT2D eigenvalue weighted by Gasteiger charge is -2.20. The van der Waals surface area contributed by atoms with Crippen LogP contribution in [0.15, 0.2) is 0 Å². The Labute approximate surface area is 123 Å². The Morgan fingerprint density at radius 2 is 1.84 bits per heavy atom. The molecule has 0 fully saturated rings. The molecule has 0 spiro atoms. The molecule has 0 saturated heterocycles. The summed E-state index contributed by atoms with van der Waals surface area (Å²) in [5.74, 6) is 1.24. The lowest BCUT2D eigenvalue weighted by Crippen LogP contribution is -2.38. The summed E-state index contributed by atoms with van der Waals surface area (Å²) in [6, 6.07) is 0. The van der Waals surface area contributed by atoms with Gasteiger partial charge in [-0.15, -0.1) is 0 Å². The van der Waals surface area contributed by atoms with E-state index in [9.17, 15) is 14.4 Å². The molecule has 0 rings (SSSR count). The first kappa shape index (κ1) is 18.1. The Balaban J connectivity index is 3.74. The highest BCUT2D eigenvalue weighted by molar-refractivity contribution is 7.99. The van der Waals surface area contributed by atoms with E-state index in [2.05, 4.69) is 22.9 Å². The molecule has 0 atom stereocenters. The van der Waals surface area contributed by atoms with E-state index in [1.165, 1.54) is 13.8 Å². The molecule has 2 N–H and O–H groups in total. The van der Waals surface area contributed by atoms with Crippen molar-refractivity contribution in [2.24, 2.45) is 0 Å². The van der Waals surface area contributed by atoms with Crippen molar-refractivity contribution in [1.29, 1.82) is 0 Å². The van der Waals surface area contributed by atoms with Gasteiger partial charge in [-0.3, -0.25) is 14.4 Å². The van der Waals surface area contributed by atoms with Gasteiger partial charge in [0.15, 0.2) is 0 Å². The first-order chi connectivity index (χ1) is 8.97. The highest BCUT2D eigenvalue weighted by atomic mass is 32.2. The molecule has 3 amide bonds. The molecule has 110 valence electrons. The van der Waals surface area contributed by atoms with E-state index in [4.69, 9.17) is 0 Å². The maximum absolute atomic E-state index is 11.4. The minimum Gasteiger partial charge on any atom is -0.355 e. The van der Waals surface area contributed by atoms with Crippen molar-refractivity contribution in [2.45, 2.75) is 20.3 Å². The third-order valence-corrected chi connectivity index (χ3v) is 3.52. The van der Waals surface area contributed by atoms with Crippen molar-refractivity contribution < 1.29 is 14.4 Å². The van der Waals surface area contributed by atoms with E-state index in [-0.39, 0.29) is 17.7 Å². The fourth-order valence-electron chi connectivity index (χ4n) is 1.29. The van der Waals surface area contributed by atoms with Crippen molar-refractivity contribution >= 4 is 42.3 Å². The van der Waals surface area contributed by atoms with E-state index < -0.39 is 0 Å². The lowest BCUT2D eigenvalue weighted by atomic mass is 10.4. The quantitative estimate of drug-likeness (QED) is 0.416. The average molecular weight is 307 g/mol. The van der Waals surface area contributed by atoms with Gasteiger partial charge in [-0.25, -0.2) is 0 Å². The SMILES string of the molecule is CC(=O)NCCN(CCSCCC(=O)NS)C(C)=O. The summed E-state index contributed by atoms with van der Waals surface area (Å²) in [5, 5.41) is 2.65. The normalized spacial score (nSPS) is 9.84. The van der Waals surface area contributed by atoms with Crippen LogP contribution in [0.1, 0.15) is 20.3 Å². The Kier molecular flexibility index (Phi) is 10.5. The van der Waals surface area contributed by atoms with Crippen molar-refractivity contribution in [2.75, 3.05) is 31.1 Å².